The number of amides is 1. The Morgan fingerprint density at radius 1 is 1.41 bits per heavy atom. The third-order valence-electron chi connectivity index (χ3n) is 5.32. The van der Waals surface area contributed by atoms with Crippen molar-refractivity contribution in [2.45, 2.75) is 58.7 Å². The van der Waals surface area contributed by atoms with Crippen LogP contribution in [0, 0.1) is 5.92 Å². The van der Waals surface area contributed by atoms with Crippen LogP contribution in [0.15, 0.2) is 24.3 Å². The molecule has 0 aliphatic carbocycles. The van der Waals surface area contributed by atoms with E-state index in [1.807, 2.05) is 13.8 Å². The molecule has 1 aliphatic heterocycles. The van der Waals surface area contributed by atoms with E-state index in [1.54, 1.807) is 28.6 Å². The predicted molar refractivity (Wildman–Crippen MR) is 113 cm³/mol. The van der Waals surface area contributed by atoms with Gasteiger partial charge in [-0.05, 0) is 50.3 Å². The van der Waals surface area contributed by atoms with Crippen molar-refractivity contribution >= 4 is 15.9 Å². The third-order valence-corrected chi connectivity index (χ3v) is 7.32. The number of sulfonamides is 1. The van der Waals surface area contributed by atoms with Gasteiger partial charge in [0.15, 0.2) is 0 Å². The summed E-state index contributed by atoms with van der Waals surface area (Å²) >= 11 is 0. The van der Waals surface area contributed by atoms with Gasteiger partial charge in [-0.1, -0.05) is 26.8 Å². The molecular formula is C21H34N2O5S. The van der Waals surface area contributed by atoms with E-state index < -0.39 is 15.7 Å². The van der Waals surface area contributed by atoms with Crippen LogP contribution in [0.4, 0.5) is 0 Å². The second-order valence-corrected chi connectivity index (χ2v) is 10.0. The fourth-order valence-corrected chi connectivity index (χ4v) is 5.55. The number of ether oxygens (including phenoxy) is 2. The molecule has 1 amide bonds. The van der Waals surface area contributed by atoms with Crippen LogP contribution in [0.5, 0.6) is 5.75 Å². The van der Waals surface area contributed by atoms with E-state index in [0.717, 1.165) is 6.42 Å². The lowest BCUT2D eigenvalue weighted by molar-refractivity contribution is -0.0433. The third kappa shape index (κ3) is 5.93. The zero-order chi connectivity index (χ0) is 21.7. The molecule has 1 aliphatic rings. The Labute approximate surface area is 174 Å². The highest BCUT2D eigenvalue weighted by Gasteiger charge is 2.49. The normalized spacial score (nSPS) is 22.8. The Bertz CT molecular complexity index is 796. The van der Waals surface area contributed by atoms with Crippen LogP contribution in [-0.4, -0.2) is 56.4 Å². The highest BCUT2D eigenvalue weighted by atomic mass is 32.2. The number of nitrogens with zero attached hydrogens (tertiary/aromatic N) is 1. The van der Waals surface area contributed by atoms with E-state index >= 15 is 0 Å². The quantitative estimate of drug-likeness (QED) is 0.622. The summed E-state index contributed by atoms with van der Waals surface area (Å²) < 4.78 is 38.9. The monoisotopic (exact) mass is 426 g/mol. The van der Waals surface area contributed by atoms with Crippen LogP contribution in [0.1, 0.15) is 57.3 Å². The molecule has 0 bridgehead atoms. The zero-order valence-electron chi connectivity index (χ0n) is 18.1. The maximum absolute atomic E-state index is 13.2. The molecule has 0 radical (unpaired) electrons. The molecule has 1 saturated heterocycles. The average Bonchev–Trinajstić information content (AvgIpc) is 3.04. The molecule has 8 heteroatoms. The first-order valence-corrected chi connectivity index (χ1v) is 11.8. The lowest BCUT2D eigenvalue weighted by Crippen LogP contribution is -2.51. The number of carbonyl (C=O) groups excluding carboxylic acids is 1. The summed E-state index contributed by atoms with van der Waals surface area (Å²) in [6.45, 7) is 8.49. The lowest BCUT2D eigenvalue weighted by atomic mass is 10.0. The number of hydrogen-bond donors (Lipinski definition) is 1. The minimum Gasteiger partial charge on any atom is -0.497 e. The van der Waals surface area contributed by atoms with Crippen LogP contribution in [0.3, 0.4) is 0 Å². The van der Waals surface area contributed by atoms with Crippen molar-refractivity contribution in [3.05, 3.63) is 29.8 Å². The summed E-state index contributed by atoms with van der Waals surface area (Å²) in [5.74, 6) is 0.542. The van der Waals surface area contributed by atoms with Gasteiger partial charge in [0.05, 0.1) is 25.5 Å². The topological polar surface area (TPSA) is 84.9 Å². The molecule has 0 spiro atoms. The first kappa shape index (κ1) is 23.6. The second-order valence-electron chi connectivity index (χ2n) is 8.08. The molecule has 7 nitrogen and oxygen atoms in total. The maximum atomic E-state index is 13.2. The lowest BCUT2D eigenvalue weighted by Gasteiger charge is -2.36. The molecule has 1 aromatic carbocycles. The Morgan fingerprint density at radius 2 is 2.14 bits per heavy atom. The van der Waals surface area contributed by atoms with Crippen molar-refractivity contribution in [1.82, 2.24) is 9.62 Å². The molecule has 1 fully saturated rings. The number of rotatable bonds is 10. The summed E-state index contributed by atoms with van der Waals surface area (Å²) in [5.41, 5.74) is -0.403. The molecule has 1 N–H and O–H groups in total. The largest absolute Gasteiger partial charge is 0.497 e. The molecule has 2 atom stereocenters. The minimum absolute atomic E-state index is 0.0333. The van der Waals surface area contributed by atoms with Crippen molar-refractivity contribution in [2.75, 3.05) is 26.0 Å². The van der Waals surface area contributed by atoms with Crippen molar-refractivity contribution in [2.24, 2.45) is 5.92 Å². The molecule has 2 rings (SSSR count). The summed E-state index contributed by atoms with van der Waals surface area (Å²) in [5, 5.41) is 2.70. The molecule has 0 saturated carbocycles. The van der Waals surface area contributed by atoms with Crippen LogP contribution in [0.2, 0.25) is 0 Å². The molecule has 0 unspecified atom stereocenters. The fraction of sp³-hybridized carbons (Fsp3) is 0.667. The highest BCUT2D eigenvalue weighted by molar-refractivity contribution is 7.89. The van der Waals surface area contributed by atoms with Crippen LogP contribution in [-0.2, 0) is 14.8 Å². The van der Waals surface area contributed by atoms with Gasteiger partial charge in [-0.3, -0.25) is 4.79 Å². The molecule has 1 heterocycles. The van der Waals surface area contributed by atoms with E-state index in [4.69, 9.17) is 9.47 Å². The summed E-state index contributed by atoms with van der Waals surface area (Å²) in [6, 6.07) is 6.58. The Hall–Kier alpha value is -1.64. The smallest absolute Gasteiger partial charge is 0.251 e. The predicted octanol–water partition coefficient (Wildman–Crippen LogP) is 3.02. The SMILES string of the molecule is CC[C@@H]1CO[C@@](C)(CCC(C)C)N1S(=O)(=O)CCNC(=O)c1cccc(OC)c1. The number of benzene rings is 1. The molecular weight excluding hydrogens is 392 g/mol. The van der Waals surface area contributed by atoms with Gasteiger partial charge < -0.3 is 14.8 Å². The van der Waals surface area contributed by atoms with E-state index in [0.29, 0.717) is 36.7 Å². The van der Waals surface area contributed by atoms with E-state index in [9.17, 15) is 13.2 Å². The van der Waals surface area contributed by atoms with Gasteiger partial charge in [0.1, 0.15) is 11.5 Å². The molecule has 164 valence electrons. The molecule has 29 heavy (non-hydrogen) atoms. The van der Waals surface area contributed by atoms with Crippen LogP contribution < -0.4 is 10.1 Å². The van der Waals surface area contributed by atoms with Crippen molar-refractivity contribution < 1.29 is 22.7 Å². The maximum Gasteiger partial charge on any atom is 0.251 e. The average molecular weight is 427 g/mol. The van der Waals surface area contributed by atoms with Gasteiger partial charge in [-0.25, -0.2) is 8.42 Å². The first-order chi connectivity index (χ1) is 13.6. The summed E-state index contributed by atoms with van der Waals surface area (Å²) in [4.78, 5) is 12.3. The zero-order valence-corrected chi connectivity index (χ0v) is 18.9. The van der Waals surface area contributed by atoms with Gasteiger partial charge in [0.25, 0.3) is 5.91 Å². The van der Waals surface area contributed by atoms with E-state index in [1.165, 1.54) is 7.11 Å². The summed E-state index contributed by atoms with van der Waals surface area (Å²) in [6.07, 6.45) is 2.22. The van der Waals surface area contributed by atoms with Crippen LogP contribution >= 0.6 is 0 Å². The van der Waals surface area contributed by atoms with E-state index in [-0.39, 0.29) is 24.2 Å². The number of nitrogens with one attached hydrogen (secondary N) is 1. The fourth-order valence-electron chi connectivity index (χ4n) is 3.60. The summed E-state index contributed by atoms with van der Waals surface area (Å²) in [7, 11) is -2.07. The van der Waals surface area contributed by atoms with Crippen molar-refractivity contribution in [1.29, 1.82) is 0 Å². The van der Waals surface area contributed by atoms with Crippen LogP contribution in [0.25, 0.3) is 0 Å². The van der Waals surface area contributed by atoms with Crippen molar-refractivity contribution in [3.8, 4) is 5.75 Å². The Kier molecular flexibility index (Phi) is 8.08. The Balaban J connectivity index is 2.04. The van der Waals surface area contributed by atoms with Gasteiger partial charge in [0.2, 0.25) is 10.0 Å². The van der Waals surface area contributed by atoms with Gasteiger partial charge in [-0.2, -0.15) is 4.31 Å². The number of carbonyl (C=O) groups is 1. The van der Waals surface area contributed by atoms with Gasteiger partial charge in [-0.15, -0.1) is 0 Å². The number of hydrogen-bond acceptors (Lipinski definition) is 5. The van der Waals surface area contributed by atoms with Gasteiger partial charge in [0, 0.05) is 12.1 Å². The highest BCUT2D eigenvalue weighted by Crippen LogP contribution is 2.36. The Morgan fingerprint density at radius 3 is 2.76 bits per heavy atom. The van der Waals surface area contributed by atoms with Crippen molar-refractivity contribution in [3.63, 3.8) is 0 Å². The van der Waals surface area contributed by atoms with Gasteiger partial charge >= 0.3 is 0 Å². The van der Waals surface area contributed by atoms with E-state index in [2.05, 4.69) is 19.2 Å². The second kappa shape index (κ2) is 9.91. The molecule has 1 aromatic rings. The molecule has 0 aromatic heterocycles. The minimum atomic E-state index is -3.60. The number of methoxy groups -OCH3 is 1. The standard InChI is InChI=1S/C21H34N2O5S/c1-6-18-15-28-21(4,11-10-16(2)3)23(18)29(25,26)13-12-22-20(24)17-8-7-9-19(14-17)27-5/h7-9,14,16,18H,6,10-13,15H2,1-5H3,(H,22,24)/t18-,21+/m1/s1. The first-order valence-electron chi connectivity index (χ1n) is 10.2.